The molecule has 1 aromatic carbocycles. The van der Waals surface area contributed by atoms with Gasteiger partial charge in [0.2, 0.25) is 10.0 Å². The van der Waals surface area contributed by atoms with E-state index in [-0.39, 0.29) is 11.8 Å². The van der Waals surface area contributed by atoms with Crippen molar-refractivity contribution in [1.29, 1.82) is 0 Å². The summed E-state index contributed by atoms with van der Waals surface area (Å²) in [5.41, 5.74) is 7.73. The Hall–Kier alpha value is -1.64. The Labute approximate surface area is 143 Å². The molecule has 7 nitrogen and oxygen atoms in total. The number of guanidine groups is 1. The predicted molar refractivity (Wildman–Crippen MR) is 95.1 cm³/mol. The van der Waals surface area contributed by atoms with Crippen molar-refractivity contribution < 1.29 is 13.2 Å². The highest BCUT2D eigenvalue weighted by Crippen LogP contribution is 2.09. The quantitative estimate of drug-likeness (QED) is 0.578. The highest BCUT2D eigenvalue weighted by Gasteiger charge is 2.13. The monoisotopic (exact) mass is 354 g/mol. The van der Waals surface area contributed by atoms with Crippen LogP contribution < -0.4 is 10.5 Å². The van der Waals surface area contributed by atoms with Crippen molar-refractivity contribution in [3.05, 3.63) is 35.4 Å². The van der Waals surface area contributed by atoms with Crippen molar-refractivity contribution in [2.24, 2.45) is 10.7 Å². The Morgan fingerprint density at radius 1 is 1.25 bits per heavy atom. The standard InChI is InChI=1S/C16H26N4O3S/c1-13(2)19-24(21,22)12-15-5-3-14(4-6-15)11-18-16(17)20-7-9-23-10-8-20/h3-6,13,19H,7-12H2,1-2H3,(H2,17,18). The third-order valence-corrected chi connectivity index (χ3v) is 5.10. The van der Waals surface area contributed by atoms with Crippen molar-refractivity contribution in [2.75, 3.05) is 26.3 Å². The van der Waals surface area contributed by atoms with Gasteiger partial charge in [0.15, 0.2) is 5.96 Å². The number of benzene rings is 1. The van der Waals surface area contributed by atoms with Gasteiger partial charge in [0.05, 0.1) is 25.5 Å². The van der Waals surface area contributed by atoms with Crippen LogP contribution in [0.4, 0.5) is 0 Å². The molecule has 1 aliphatic heterocycles. The third-order valence-electron chi connectivity index (χ3n) is 3.55. The molecule has 134 valence electrons. The van der Waals surface area contributed by atoms with Crippen LogP contribution in [0.2, 0.25) is 0 Å². The molecule has 0 amide bonds. The molecular formula is C16H26N4O3S. The first-order valence-corrected chi connectivity index (χ1v) is 9.71. The summed E-state index contributed by atoms with van der Waals surface area (Å²) in [6.07, 6.45) is 0. The van der Waals surface area contributed by atoms with Gasteiger partial charge in [-0.1, -0.05) is 24.3 Å². The molecule has 0 radical (unpaired) electrons. The van der Waals surface area contributed by atoms with Crippen LogP contribution in [0.1, 0.15) is 25.0 Å². The zero-order chi connectivity index (χ0) is 17.6. The molecule has 1 aromatic rings. The second kappa shape index (κ2) is 8.46. The van der Waals surface area contributed by atoms with Crippen LogP contribution in [0.25, 0.3) is 0 Å². The Balaban J connectivity index is 1.92. The molecule has 0 bridgehead atoms. The lowest BCUT2D eigenvalue weighted by Gasteiger charge is -2.27. The number of hydrogen-bond acceptors (Lipinski definition) is 4. The minimum Gasteiger partial charge on any atom is -0.378 e. The first-order chi connectivity index (χ1) is 11.4. The van der Waals surface area contributed by atoms with Crippen LogP contribution in [-0.4, -0.2) is 51.6 Å². The summed E-state index contributed by atoms with van der Waals surface area (Å²) in [5, 5.41) is 0. The molecule has 2 rings (SSSR count). The summed E-state index contributed by atoms with van der Waals surface area (Å²) in [4.78, 5) is 6.40. The van der Waals surface area contributed by atoms with E-state index in [2.05, 4.69) is 9.71 Å². The summed E-state index contributed by atoms with van der Waals surface area (Å²) in [5.74, 6) is 0.496. The summed E-state index contributed by atoms with van der Waals surface area (Å²) in [6.45, 7) is 6.94. The van der Waals surface area contributed by atoms with Crippen LogP contribution in [0.3, 0.4) is 0 Å². The second-order valence-corrected chi connectivity index (χ2v) is 7.88. The molecule has 0 aromatic heterocycles. The van der Waals surface area contributed by atoms with Gasteiger partial charge in [-0.05, 0) is 25.0 Å². The maximum Gasteiger partial charge on any atom is 0.216 e. The average Bonchev–Trinajstić information content (AvgIpc) is 2.53. The minimum atomic E-state index is -3.30. The number of nitrogens with one attached hydrogen (secondary N) is 1. The molecule has 1 heterocycles. The molecule has 0 spiro atoms. The highest BCUT2D eigenvalue weighted by atomic mass is 32.2. The molecule has 24 heavy (non-hydrogen) atoms. The molecule has 0 unspecified atom stereocenters. The van der Waals surface area contributed by atoms with Gasteiger partial charge in [-0.25, -0.2) is 18.1 Å². The van der Waals surface area contributed by atoms with Crippen molar-refractivity contribution >= 4 is 16.0 Å². The summed E-state index contributed by atoms with van der Waals surface area (Å²) >= 11 is 0. The zero-order valence-electron chi connectivity index (χ0n) is 14.2. The molecule has 1 fully saturated rings. The average molecular weight is 354 g/mol. The van der Waals surface area contributed by atoms with Gasteiger partial charge < -0.3 is 15.4 Å². The fourth-order valence-corrected chi connectivity index (χ4v) is 3.86. The third kappa shape index (κ3) is 6.10. The molecule has 1 aliphatic rings. The number of morpholine rings is 1. The van der Waals surface area contributed by atoms with Gasteiger partial charge in [-0.15, -0.1) is 0 Å². The Bertz CT molecular complexity index is 650. The van der Waals surface area contributed by atoms with Gasteiger partial charge in [0.25, 0.3) is 0 Å². The number of nitrogens with zero attached hydrogens (tertiary/aromatic N) is 2. The Morgan fingerprint density at radius 2 is 1.83 bits per heavy atom. The maximum absolute atomic E-state index is 11.9. The van der Waals surface area contributed by atoms with E-state index in [1.165, 1.54) is 0 Å². The van der Waals surface area contributed by atoms with E-state index in [9.17, 15) is 8.42 Å². The smallest absolute Gasteiger partial charge is 0.216 e. The fraction of sp³-hybridized carbons (Fsp3) is 0.562. The van der Waals surface area contributed by atoms with Crippen LogP contribution in [0, 0.1) is 0 Å². The number of ether oxygens (including phenoxy) is 1. The number of sulfonamides is 1. The summed E-state index contributed by atoms with van der Waals surface area (Å²) in [6, 6.07) is 7.30. The van der Waals surface area contributed by atoms with E-state index in [4.69, 9.17) is 10.5 Å². The lowest BCUT2D eigenvalue weighted by Crippen LogP contribution is -2.44. The maximum atomic E-state index is 11.9. The van der Waals surface area contributed by atoms with Gasteiger partial charge >= 0.3 is 0 Å². The predicted octanol–water partition coefficient (Wildman–Crippen LogP) is 0.661. The van der Waals surface area contributed by atoms with Gasteiger partial charge in [-0.2, -0.15) is 0 Å². The molecule has 8 heteroatoms. The zero-order valence-corrected chi connectivity index (χ0v) is 15.1. The van der Waals surface area contributed by atoms with E-state index in [1.54, 1.807) is 13.8 Å². The van der Waals surface area contributed by atoms with E-state index in [0.717, 1.165) is 24.2 Å². The normalized spacial score (nSPS) is 16.6. The van der Waals surface area contributed by atoms with Crippen molar-refractivity contribution in [3.8, 4) is 0 Å². The van der Waals surface area contributed by atoms with E-state index in [0.29, 0.717) is 25.7 Å². The fourth-order valence-electron chi connectivity index (χ4n) is 2.43. The molecule has 1 saturated heterocycles. The summed E-state index contributed by atoms with van der Waals surface area (Å²) < 4.78 is 31.7. The van der Waals surface area contributed by atoms with Crippen LogP contribution in [-0.2, 0) is 27.1 Å². The molecule has 3 N–H and O–H groups in total. The van der Waals surface area contributed by atoms with Gasteiger partial charge in [0.1, 0.15) is 0 Å². The lowest BCUT2D eigenvalue weighted by molar-refractivity contribution is 0.0674. The van der Waals surface area contributed by atoms with Crippen LogP contribution in [0.5, 0.6) is 0 Å². The Kier molecular flexibility index (Phi) is 6.59. The number of aliphatic imine (C=N–C) groups is 1. The lowest BCUT2D eigenvalue weighted by atomic mass is 10.1. The van der Waals surface area contributed by atoms with Crippen molar-refractivity contribution in [1.82, 2.24) is 9.62 Å². The Morgan fingerprint density at radius 3 is 2.42 bits per heavy atom. The largest absolute Gasteiger partial charge is 0.378 e. The van der Waals surface area contributed by atoms with Gasteiger partial charge in [-0.3, -0.25) is 0 Å². The van der Waals surface area contributed by atoms with E-state index < -0.39 is 10.0 Å². The molecule has 0 atom stereocenters. The molecular weight excluding hydrogens is 328 g/mol. The van der Waals surface area contributed by atoms with Gasteiger partial charge in [0, 0.05) is 19.1 Å². The van der Waals surface area contributed by atoms with Crippen LogP contribution >= 0.6 is 0 Å². The number of nitrogens with two attached hydrogens (primary N) is 1. The van der Waals surface area contributed by atoms with Crippen LogP contribution in [0.15, 0.2) is 29.3 Å². The van der Waals surface area contributed by atoms with Crippen molar-refractivity contribution in [2.45, 2.75) is 32.2 Å². The topological polar surface area (TPSA) is 97.0 Å². The molecule has 0 aliphatic carbocycles. The SMILES string of the molecule is CC(C)NS(=O)(=O)Cc1ccc(CN=C(N)N2CCOCC2)cc1. The second-order valence-electron chi connectivity index (χ2n) is 6.12. The summed E-state index contributed by atoms with van der Waals surface area (Å²) in [7, 11) is -3.30. The minimum absolute atomic E-state index is 0.0232. The first-order valence-electron chi connectivity index (χ1n) is 8.06. The highest BCUT2D eigenvalue weighted by molar-refractivity contribution is 7.88. The van der Waals surface area contributed by atoms with Crippen molar-refractivity contribution in [3.63, 3.8) is 0 Å². The first kappa shape index (κ1) is 18.7. The number of hydrogen-bond donors (Lipinski definition) is 2. The molecule has 0 saturated carbocycles. The van der Waals surface area contributed by atoms with E-state index in [1.807, 2.05) is 29.2 Å². The van der Waals surface area contributed by atoms with E-state index >= 15 is 0 Å². The number of rotatable bonds is 6.